The van der Waals surface area contributed by atoms with E-state index in [0.717, 1.165) is 18.4 Å². The quantitative estimate of drug-likeness (QED) is 0.793. The van der Waals surface area contributed by atoms with Crippen LogP contribution in [0.2, 0.25) is 0 Å². The largest absolute Gasteiger partial charge is 0.481 e. The van der Waals surface area contributed by atoms with Gasteiger partial charge in [-0.05, 0) is 18.4 Å². The lowest BCUT2D eigenvalue weighted by molar-refractivity contribution is -0.137. The smallest absolute Gasteiger partial charge is 0.305 e. The first-order valence-corrected chi connectivity index (χ1v) is 5.74. The molecule has 0 bridgehead atoms. The van der Waals surface area contributed by atoms with Crippen molar-refractivity contribution in [1.82, 2.24) is 0 Å². The lowest BCUT2D eigenvalue weighted by Crippen LogP contribution is -2.28. The van der Waals surface area contributed by atoms with E-state index in [1.165, 1.54) is 12.5 Å². The fourth-order valence-corrected chi connectivity index (χ4v) is 1.74. The van der Waals surface area contributed by atoms with Crippen molar-refractivity contribution in [2.24, 2.45) is 5.73 Å². The molecule has 0 amide bonds. The normalized spacial score (nSPS) is 19.9. The molecule has 2 aliphatic rings. The van der Waals surface area contributed by atoms with Crippen LogP contribution in [0.25, 0.3) is 0 Å². The Morgan fingerprint density at radius 2 is 2.33 bits per heavy atom. The number of nitrogens with two attached hydrogens (primary N) is 1. The first kappa shape index (κ1) is 12.4. The molecule has 0 saturated carbocycles. The van der Waals surface area contributed by atoms with Crippen LogP contribution in [0.5, 0.6) is 0 Å². The summed E-state index contributed by atoms with van der Waals surface area (Å²) < 4.78 is 10.8. The van der Waals surface area contributed by atoms with Gasteiger partial charge < -0.3 is 20.3 Å². The topological polar surface area (TPSA) is 81.8 Å². The average molecular weight is 249 g/mol. The molecule has 1 heterocycles. The lowest BCUT2D eigenvalue weighted by Gasteiger charge is -2.22. The third-order valence-electron chi connectivity index (χ3n) is 2.68. The second kappa shape index (κ2) is 5.55. The zero-order valence-corrected chi connectivity index (χ0v) is 9.83. The Bertz CT molecular complexity index is 460. The van der Waals surface area contributed by atoms with Crippen LogP contribution in [-0.4, -0.2) is 17.1 Å². The van der Waals surface area contributed by atoms with Crippen LogP contribution in [0.15, 0.2) is 47.8 Å². The summed E-state index contributed by atoms with van der Waals surface area (Å²) in [4.78, 5) is 10.6. The SMILES string of the molecule is NC(CC(=O)O)C1=COC=C(C2=CC=CCC2)O1. The molecule has 0 aromatic heterocycles. The number of carbonyl (C=O) groups is 1. The number of carboxylic acids is 1. The first-order valence-electron chi connectivity index (χ1n) is 5.74. The van der Waals surface area contributed by atoms with Crippen molar-refractivity contribution in [3.8, 4) is 0 Å². The summed E-state index contributed by atoms with van der Waals surface area (Å²) in [6.45, 7) is 0. The van der Waals surface area contributed by atoms with Gasteiger partial charge in [-0.1, -0.05) is 18.2 Å². The van der Waals surface area contributed by atoms with Crippen molar-refractivity contribution < 1.29 is 19.4 Å². The monoisotopic (exact) mass is 249 g/mol. The van der Waals surface area contributed by atoms with Gasteiger partial charge in [0.15, 0.2) is 11.5 Å². The number of carboxylic acid groups (broad SMARTS) is 1. The summed E-state index contributed by atoms with van der Waals surface area (Å²) in [7, 11) is 0. The predicted octanol–water partition coefficient (Wildman–Crippen LogP) is 1.79. The summed E-state index contributed by atoms with van der Waals surface area (Å²) in [5.41, 5.74) is 6.75. The number of hydrogen-bond acceptors (Lipinski definition) is 4. The molecule has 3 N–H and O–H groups in total. The minimum Gasteiger partial charge on any atom is -0.481 e. The van der Waals surface area contributed by atoms with Crippen molar-refractivity contribution in [2.75, 3.05) is 0 Å². The number of aliphatic carboxylic acids is 1. The summed E-state index contributed by atoms with van der Waals surface area (Å²) in [5, 5.41) is 8.69. The highest BCUT2D eigenvalue weighted by atomic mass is 16.5. The van der Waals surface area contributed by atoms with Crippen molar-refractivity contribution >= 4 is 5.97 Å². The maximum atomic E-state index is 10.6. The Kier molecular flexibility index (Phi) is 3.84. The van der Waals surface area contributed by atoms with Gasteiger partial charge in [0, 0.05) is 0 Å². The van der Waals surface area contributed by atoms with Gasteiger partial charge in [0.25, 0.3) is 0 Å². The molecule has 0 spiro atoms. The molecular weight excluding hydrogens is 234 g/mol. The van der Waals surface area contributed by atoms with Crippen molar-refractivity contribution in [3.05, 3.63) is 47.8 Å². The molecule has 1 atom stereocenters. The molecule has 5 nitrogen and oxygen atoms in total. The van der Waals surface area contributed by atoms with Gasteiger partial charge in [0.2, 0.25) is 0 Å². The van der Waals surface area contributed by atoms with Crippen LogP contribution >= 0.6 is 0 Å². The van der Waals surface area contributed by atoms with Gasteiger partial charge in [-0.15, -0.1) is 0 Å². The number of ether oxygens (including phenoxy) is 2. The third-order valence-corrected chi connectivity index (χ3v) is 2.68. The lowest BCUT2D eigenvalue weighted by atomic mass is 10.0. The summed E-state index contributed by atoms with van der Waals surface area (Å²) in [5.74, 6) is -0.0361. The molecule has 1 unspecified atom stereocenters. The zero-order chi connectivity index (χ0) is 13.0. The van der Waals surface area contributed by atoms with Crippen molar-refractivity contribution in [2.45, 2.75) is 25.3 Å². The summed E-state index contributed by atoms with van der Waals surface area (Å²) in [6, 6.07) is -0.703. The van der Waals surface area contributed by atoms with E-state index < -0.39 is 12.0 Å². The van der Waals surface area contributed by atoms with Crippen LogP contribution < -0.4 is 5.73 Å². The van der Waals surface area contributed by atoms with E-state index in [2.05, 4.69) is 6.08 Å². The number of rotatable bonds is 4. The minimum absolute atomic E-state index is 0.193. The number of hydrogen-bond donors (Lipinski definition) is 2. The van der Waals surface area contributed by atoms with Crippen LogP contribution in [0.4, 0.5) is 0 Å². The second-order valence-corrected chi connectivity index (χ2v) is 4.10. The molecule has 0 aromatic carbocycles. The molecule has 0 saturated heterocycles. The highest BCUT2D eigenvalue weighted by Gasteiger charge is 2.21. The van der Waals surface area contributed by atoms with Gasteiger partial charge in [-0.25, -0.2) is 0 Å². The van der Waals surface area contributed by atoms with Gasteiger partial charge in [-0.3, -0.25) is 4.79 Å². The Labute approximate surface area is 105 Å². The highest BCUT2D eigenvalue weighted by molar-refractivity contribution is 5.68. The van der Waals surface area contributed by atoms with Crippen molar-refractivity contribution in [3.63, 3.8) is 0 Å². The van der Waals surface area contributed by atoms with E-state index in [1.807, 2.05) is 12.2 Å². The molecule has 1 aliphatic heterocycles. The minimum atomic E-state index is -0.970. The predicted molar refractivity (Wildman–Crippen MR) is 65.0 cm³/mol. The molecule has 0 radical (unpaired) electrons. The average Bonchev–Trinajstić information content (AvgIpc) is 2.39. The summed E-state index contributed by atoms with van der Waals surface area (Å²) >= 11 is 0. The van der Waals surface area contributed by atoms with Crippen LogP contribution in [0.3, 0.4) is 0 Å². The van der Waals surface area contributed by atoms with Crippen LogP contribution in [0, 0.1) is 0 Å². The molecule has 1 aliphatic carbocycles. The molecular formula is C13H15NO4. The van der Waals surface area contributed by atoms with Gasteiger partial charge in [0.1, 0.15) is 12.5 Å². The highest BCUT2D eigenvalue weighted by Crippen LogP contribution is 2.27. The zero-order valence-electron chi connectivity index (χ0n) is 9.83. The Morgan fingerprint density at radius 3 is 3.00 bits per heavy atom. The number of allylic oxidation sites excluding steroid dienone is 4. The van der Waals surface area contributed by atoms with E-state index in [1.54, 1.807) is 0 Å². The van der Waals surface area contributed by atoms with Crippen LogP contribution in [0.1, 0.15) is 19.3 Å². The van der Waals surface area contributed by atoms with Gasteiger partial charge in [-0.2, -0.15) is 0 Å². The van der Waals surface area contributed by atoms with E-state index in [-0.39, 0.29) is 6.42 Å². The maximum Gasteiger partial charge on any atom is 0.305 e. The molecule has 0 aromatic rings. The van der Waals surface area contributed by atoms with E-state index in [9.17, 15) is 4.79 Å². The van der Waals surface area contributed by atoms with Crippen LogP contribution in [-0.2, 0) is 14.3 Å². The molecule has 18 heavy (non-hydrogen) atoms. The van der Waals surface area contributed by atoms with E-state index in [0.29, 0.717) is 11.5 Å². The molecule has 0 fully saturated rings. The molecule has 2 rings (SSSR count). The van der Waals surface area contributed by atoms with Gasteiger partial charge in [0.05, 0.1) is 12.5 Å². The first-order chi connectivity index (χ1) is 8.66. The standard InChI is InChI=1S/C13H15NO4/c14-10(6-13(15)16)12-8-17-7-11(18-12)9-4-2-1-3-5-9/h1-2,4,7-8,10H,3,5-6,14H2,(H,15,16). The van der Waals surface area contributed by atoms with E-state index >= 15 is 0 Å². The Hall–Kier alpha value is -2.01. The maximum absolute atomic E-state index is 10.6. The third kappa shape index (κ3) is 3.01. The second-order valence-electron chi connectivity index (χ2n) is 4.10. The fourth-order valence-electron chi connectivity index (χ4n) is 1.74. The van der Waals surface area contributed by atoms with E-state index in [4.69, 9.17) is 20.3 Å². The van der Waals surface area contributed by atoms with Gasteiger partial charge >= 0.3 is 5.97 Å². The fraction of sp³-hybridized carbons (Fsp3) is 0.308. The molecule has 5 heteroatoms. The van der Waals surface area contributed by atoms with Crippen molar-refractivity contribution in [1.29, 1.82) is 0 Å². The molecule has 96 valence electrons. The Morgan fingerprint density at radius 1 is 1.50 bits per heavy atom. The Balaban J connectivity index is 2.02. The summed E-state index contributed by atoms with van der Waals surface area (Å²) in [6.07, 6.45) is 10.4.